The highest BCUT2D eigenvalue weighted by Gasteiger charge is 2.03. The topological polar surface area (TPSA) is 65.7 Å². The fourth-order valence-corrected chi connectivity index (χ4v) is 1.18. The van der Waals surface area contributed by atoms with Crippen LogP contribution in [0.4, 0.5) is 0 Å². The number of rotatable bonds is 0. The van der Waals surface area contributed by atoms with E-state index in [1.165, 1.54) is 0 Å². The molecule has 0 aromatic carbocycles. The van der Waals surface area contributed by atoms with Crippen LogP contribution in [0.25, 0.3) is 0 Å². The molecule has 10 heavy (non-hydrogen) atoms. The molecule has 0 aliphatic carbocycles. The fourth-order valence-electron chi connectivity index (χ4n) is 0.423. The third-order valence-electron chi connectivity index (χ3n) is 0.881. The monoisotopic (exact) mass is 364 g/mol. The summed E-state index contributed by atoms with van der Waals surface area (Å²) in [5.74, 6) is 0. The molecular weight excluding hydrogens is 362 g/mol. The molecule has 0 unspecified atom stereocenters. The molecule has 0 saturated carbocycles. The SMILES string of the molecule is O=c1[nH][nH]c(=O)c(I)c1I. The van der Waals surface area contributed by atoms with Gasteiger partial charge in [0.15, 0.2) is 0 Å². The molecule has 54 valence electrons. The zero-order valence-electron chi connectivity index (χ0n) is 4.57. The van der Waals surface area contributed by atoms with E-state index in [1.54, 1.807) is 0 Å². The second-order valence-corrected chi connectivity index (χ2v) is 3.69. The summed E-state index contributed by atoms with van der Waals surface area (Å²) in [5.41, 5.74) is -0.519. The van der Waals surface area contributed by atoms with Crippen LogP contribution in [-0.2, 0) is 0 Å². The van der Waals surface area contributed by atoms with Crippen molar-refractivity contribution in [1.29, 1.82) is 0 Å². The summed E-state index contributed by atoms with van der Waals surface area (Å²) in [6.07, 6.45) is 0. The van der Waals surface area contributed by atoms with Crippen molar-refractivity contribution in [3.05, 3.63) is 27.8 Å². The Labute approximate surface area is 82.7 Å². The van der Waals surface area contributed by atoms with E-state index in [1.807, 2.05) is 45.2 Å². The number of H-pyrrole nitrogens is 2. The number of aromatic amines is 2. The Morgan fingerprint density at radius 1 is 0.900 bits per heavy atom. The lowest BCUT2D eigenvalue weighted by Crippen LogP contribution is -2.24. The van der Waals surface area contributed by atoms with Gasteiger partial charge in [-0.15, -0.1) is 0 Å². The third-order valence-corrected chi connectivity index (χ3v) is 3.97. The lowest BCUT2D eigenvalue weighted by atomic mass is 10.6. The highest BCUT2D eigenvalue weighted by molar-refractivity contribution is 14.1. The van der Waals surface area contributed by atoms with Crippen molar-refractivity contribution in [3.63, 3.8) is 0 Å². The second-order valence-electron chi connectivity index (χ2n) is 1.54. The lowest BCUT2D eigenvalue weighted by molar-refractivity contribution is 0.930. The van der Waals surface area contributed by atoms with Crippen molar-refractivity contribution in [2.75, 3.05) is 0 Å². The van der Waals surface area contributed by atoms with Crippen LogP contribution in [0, 0.1) is 7.14 Å². The summed E-state index contributed by atoms with van der Waals surface area (Å²) >= 11 is 3.65. The predicted molar refractivity (Wildman–Crippen MR) is 53.1 cm³/mol. The zero-order valence-corrected chi connectivity index (χ0v) is 8.89. The van der Waals surface area contributed by atoms with Crippen LogP contribution >= 0.6 is 45.2 Å². The maximum Gasteiger partial charge on any atom is 0.277 e. The largest absolute Gasteiger partial charge is 0.277 e. The molecule has 6 heteroatoms. The van der Waals surface area contributed by atoms with E-state index in [2.05, 4.69) is 10.2 Å². The molecule has 4 nitrogen and oxygen atoms in total. The van der Waals surface area contributed by atoms with Crippen molar-refractivity contribution in [2.45, 2.75) is 0 Å². The average Bonchev–Trinajstić information content (AvgIpc) is 1.93. The molecule has 2 N–H and O–H groups in total. The van der Waals surface area contributed by atoms with Crippen molar-refractivity contribution in [1.82, 2.24) is 10.2 Å². The van der Waals surface area contributed by atoms with Gasteiger partial charge in [0.25, 0.3) is 11.1 Å². The Kier molecular flexibility index (Phi) is 2.50. The number of halogens is 2. The van der Waals surface area contributed by atoms with E-state index < -0.39 is 0 Å². The van der Waals surface area contributed by atoms with Crippen LogP contribution in [0.2, 0.25) is 0 Å². The van der Waals surface area contributed by atoms with Crippen molar-refractivity contribution in [3.8, 4) is 0 Å². The molecule has 0 radical (unpaired) electrons. The molecule has 0 fully saturated rings. The number of hydrogen-bond acceptors (Lipinski definition) is 2. The zero-order chi connectivity index (χ0) is 7.72. The molecule has 0 bridgehead atoms. The summed E-state index contributed by atoms with van der Waals surface area (Å²) < 4.78 is 0.865. The highest BCUT2D eigenvalue weighted by atomic mass is 127. The van der Waals surface area contributed by atoms with E-state index >= 15 is 0 Å². The Balaban J connectivity index is 3.65. The van der Waals surface area contributed by atoms with Gasteiger partial charge in [-0.2, -0.15) is 0 Å². The Hall–Kier alpha value is 0.140. The van der Waals surface area contributed by atoms with Crippen molar-refractivity contribution < 1.29 is 0 Å². The Morgan fingerprint density at radius 3 is 1.50 bits per heavy atom. The standard InChI is InChI=1S/C4H2I2N2O2/c5-1-2(6)4(10)8-7-3(1)9/h(H,7,9)(H,8,10). The fraction of sp³-hybridized carbons (Fsp3) is 0. The van der Waals surface area contributed by atoms with E-state index in [0.717, 1.165) is 0 Å². The molecule has 0 atom stereocenters. The van der Waals surface area contributed by atoms with Gasteiger partial charge in [0.2, 0.25) is 0 Å². The van der Waals surface area contributed by atoms with Gasteiger partial charge in [-0.05, 0) is 45.2 Å². The van der Waals surface area contributed by atoms with Crippen LogP contribution in [0.15, 0.2) is 9.59 Å². The smallest absolute Gasteiger partial charge is 0.267 e. The number of nitrogens with one attached hydrogen (secondary N) is 2. The minimum atomic E-state index is -0.260. The van der Waals surface area contributed by atoms with E-state index in [4.69, 9.17) is 0 Å². The van der Waals surface area contributed by atoms with Crippen LogP contribution in [0.1, 0.15) is 0 Å². The van der Waals surface area contributed by atoms with Crippen molar-refractivity contribution >= 4 is 45.2 Å². The molecule has 1 rings (SSSR count). The Morgan fingerprint density at radius 2 is 1.20 bits per heavy atom. The van der Waals surface area contributed by atoms with Gasteiger partial charge >= 0.3 is 0 Å². The van der Waals surface area contributed by atoms with E-state index in [9.17, 15) is 9.59 Å². The van der Waals surface area contributed by atoms with Crippen LogP contribution in [-0.4, -0.2) is 10.2 Å². The summed E-state index contributed by atoms with van der Waals surface area (Å²) in [5, 5.41) is 4.41. The van der Waals surface area contributed by atoms with Crippen LogP contribution < -0.4 is 11.1 Å². The molecular formula is C4H2I2N2O2. The van der Waals surface area contributed by atoms with Crippen LogP contribution in [0.3, 0.4) is 0 Å². The first-order valence-electron chi connectivity index (χ1n) is 2.29. The molecule has 0 aliphatic rings. The van der Waals surface area contributed by atoms with Gasteiger partial charge in [0, 0.05) is 0 Å². The third kappa shape index (κ3) is 1.41. The van der Waals surface area contributed by atoms with Gasteiger partial charge in [-0.1, -0.05) is 0 Å². The molecule has 0 aliphatic heterocycles. The second kappa shape index (κ2) is 3.03. The summed E-state index contributed by atoms with van der Waals surface area (Å²) in [6, 6.07) is 0. The van der Waals surface area contributed by atoms with E-state index in [-0.39, 0.29) is 11.1 Å². The van der Waals surface area contributed by atoms with E-state index in [0.29, 0.717) is 7.14 Å². The molecule has 0 amide bonds. The maximum atomic E-state index is 10.8. The minimum absolute atomic E-state index is 0.260. The van der Waals surface area contributed by atoms with Gasteiger partial charge in [0.05, 0.1) is 7.14 Å². The molecule has 1 aromatic heterocycles. The number of aromatic nitrogens is 2. The summed E-state index contributed by atoms with van der Waals surface area (Å²) in [7, 11) is 0. The first kappa shape index (κ1) is 8.24. The first-order valence-corrected chi connectivity index (χ1v) is 4.44. The molecule has 1 aromatic rings. The first-order chi connectivity index (χ1) is 4.63. The molecule has 1 heterocycles. The average molecular weight is 364 g/mol. The minimum Gasteiger partial charge on any atom is -0.267 e. The molecule has 0 saturated heterocycles. The predicted octanol–water partition coefficient (Wildman–Crippen LogP) is 0.272. The maximum absolute atomic E-state index is 10.8. The summed E-state index contributed by atoms with van der Waals surface area (Å²) in [4.78, 5) is 21.5. The van der Waals surface area contributed by atoms with Gasteiger partial charge < -0.3 is 0 Å². The Bertz CT molecular complexity index is 318. The van der Waals surface area contributed by atoms with Crippen LogP contribution in [0.5, 0.6) is 0 Å². The lowest BCUT2D eigenvalue weighted by Gasteiger charge is -1.89. The summed E-state index contributed by atoms with van der Waals surface area (Å²) in [6.45, 7) is 0. The van der Waals surface area contributed by atoms with Gasteiger partial charge in [0.1, 0.15) is 0 Å². The quantitative estimate of drug-likeness (QED) is 0.650. The number of hydrogen-bond donors (Lipinski definition) is 2. The van der Waals surface area contributed by atoms with Gasteiger partial charge in [-0.3, -0.25) is 19.8 Å². The molecule has 0 spiro atoms. The van der Waals surface area contributed by atoms with Gasteiger partial charge in [-0.25, -0.2) is 0 Å². The van der Waals surface area contributed by atoms with Crippen molar-refractivity contribution in [2.24, 2.45) is 0 Å². The highest BCUT2D eigenvalue weighted by Crippen LogP contribution is 2.02. The normalized spacial score (nSPS) is 9.80.